The Morgan fingerprint density at radius 2 is 1.82 bits per heavy atom. The fourth-order valence-corrected chi connectivity index (χ4v) is 1.01. The van der Waals surface area contributed by atoms with E-state index in [2.05, 4.69) is 34.5 Å². The predicted molar refractivity (Wildman–Crippen MR) is 40.9 cm³/mol. The molecule has 1 aliphatic heterocycles. The van der Waals surface area contributed by atoms with Gasteiger partial charge in [-0.2, -0.15) is 0 Å². The van der Waals surface area contributed by atoms with Crippen molar-refractivity contribution in [2.75, 3.05) is 0 Å². The van der Waals surface area contributed by atoms with Crippen molar-refractivity contribution in [3.8, 4) is 0 Å². The summed E-state index contributed by atoms with van der Waals surface area (Å²) in [6, 6.07) is -0.0370. The average molecular weight is 155 g/mol. The summed E-state index contributed by atoms with van der Waals surface area (Å²) < 4.78 is 0. The zero-order valence-electron chi connectivity index (χ0n) is 6.81. The van der Waals surface area contributed by atoms with Crippen LogP contribution in [0.3, 0.4) is 0 Å². The van der Waals surface area contributed by atoms with Crippen LogP contribution >= 0.6 is 0 Å². The van der Waals surface area contributed by atoms with Crippen LogP contribution in [-0.4, -0.2) is 12.2 Å². The van der Waals surface area contributed by atoms with Crippen molar-refractivity contribution in [1.29, 1.82) is 0 Å². The molecule has 0 saturated heterocycles. The average Bonchev–Trinajstić information content (AvgIpc) is 2.35. The Morgan fingerprint density at radius 3 is 2.27 bits per heavy atom. The minimum absolute atomic E-state index is 0.0370. The summed E-state index contributed by atoms with van der Waals surface area (Å²) >= 11 is 0. The SMILES string of the molecule is CC(C)CC(N)C1N=NN=N1. The third-order valence-corrected chi connectivity index (χ3v) is 1.51. The standard InChI is InChI=1S/C6H13N5/c1-4(2)3-5(7)6-8-10-11-9-6/h4-6H,3,7H2,1-2H3. The normalized spacial score (nSPS) is 20.0. The molecule has 62 valence electrons. The van der Waals surface area contributed by atoms with Crippen LogP contribution in [0, 0.1) is 5.92 Å². The van der Waals surface area contributed by atoms with Gasteiger partial charge in [0.1, 0.15) is 0 Å². The van der Waals surface area contributed by atoms with Gasteiger partial charge in [0, 0.05) is 0 Å². The first-order chi connectivity index (χ1) is 5.20. The minimum Gasteiger partial charge on any atom is -0.324 e. The van der Waals surface area contributed by atoms with Gasteiger partial charge < -0.3 is 5.73 Å². The minimum atomic E-state index is -0.239. The highest BCUT2D eigenvalue weighted by Gasteiger charge is 2.19. The molecular weight excluding hydrogens is 142 g/mol. The van der Waals surface area contributed by atoms with Crippen LogP contribution in [-0.2, 0) is 0 Å². The van der Waals surface area contributed by atoms with Crippen LogP contribution in [0.15, 0.2) is 20.7 Å². The summed E-state index contributed by atoms with van der Waals surface area (Å²) in [7, 11) is 0. The molecule has 0 saturated carbocycles. The van der Waals surface area contributed by atoms with Gasteiger partial charge in [-0.15, -0.1) is 10.2 Å². The summed E-state index contributed by atoms with van der Waals surface area (Å²) in [5, 5.41) is 14.3. The molecule has 5 nitrogen and oxygen atoms in total. The van der Waals surface area contributed by atoms with E-state index in [4.69, 9.17) is 5.73 Å². The maximum absolute atomic E-state index is 5.77. The van der Waals surface area contributed by atoms with Crippen molar-refractivity contribution < 1.29 is 0 Å². The van der Waals surface area contributed by atoms with E-state index >= 15 is 0 Å². The number of hydrogen-bond acceptors (Lipinski definition) is 5. The lowest BCUT2D eigenvalue weighted by Crippen LogP contribution is -2.32. The number of nitrogens with two attached hydrogens (primary N) is 1. The number of nitrogens with zero attached hydrogens (tertiary/aromatic N) is 4. The quantitative estimate of drug-likeness (QED) is 0.659. The molecule has 0 aromatic carbocycles. The molecule has 0 fully saturated rings. The molecule has 2 N–H and O–H groups in total. The molecule has 1 heterocycles. The maximum Gasteiger partial charge on any atom is 0.200 e. The van der Waals surface area contributed by atoms with Crippen LogP contribution in [0.4, 0.5) is 0 Å². The van der Waals surface area contributed by atoms with Gasteiger partial charge in [-0.1, -0.05) is 13.8 Å². The fraction of sp³-hybridized carbons (Fsp3) is 1.00. The van der Waals surface area contributed by atoms with Crippen molar-refractivity contribution in [3.05, 3.63) is 0 Å². The van der Waals surface area contributed by atoms with Crippen LogP contribution in [0.2, 0.25) is 0 Å². The second-order valence-electron chi connectivity index (χ2n) is 3.12. The highest BCUT2D eigenvalue weighted by molar-refractivity contribution is 4.77. The lowest BCUT2D eigenvalue weighted by Gasteiger charge is -2.13. The smallest absolute Gasteiger partial charge is 0.200 e. The van der Waals surface area contributed by atoms with E-state index in [1.54, 1.807) is 0 Å². The molecule has 11 heavy (non-hydrogen) atoms. The summed E-state index contributed by atoms with van der Waals surface area (Å²) in [5.41, 5.74) is 5.77. The molecule has 1 atom stereocenters. The molecule has 1 aliphatic rings. The summed E-state index contributed by atoms with van der Waals surface area (Å²) in [4.78, 5) is 0. The van der Waals surface area contributed by atoms with Gasteiger partial charge in [-0.3, -0.25) is 0 Å². The monoisotopic (exact) mass is 155 g/mol. The first kappa shape index (κ1) is 8.26. The van der Waals surface area contributed by atoms with Gasteiger partial charge >= 0.3 is 0 Å². The summed E-state index contributed by atoms with van der Waals surface area (Å²) in [6.45, 7) is 4.23. The highest BCUT2D eigenvalue weighted by atomic mass is 15.6. The van der Waals surface area contributed by atoms with Gasteiger partial charge in [0.15, 0.2) is 6.17 Å². The van der Waals surface area contributed by atoms with E-state index in [0.717, 1.165) is 6.42 Å². The van der Waals surface area contributed by atoms with Crippen molar-refractivity contribution in [2.24, 2.45) is 32.3 Å². The Hall–Kier alpha value is -0.840. The molecule has 1 rings (SSSR count). The second-order valence-corrected chi connectivity index (χ2v) is 3.12. The Morgan fingerprint density at radius 1 is 1.27 bits per heavy atom. The van der Waals surface area contributed by atoms with Gasteiger partial charge in [-0.25, -0.2) is 0 Å². The van der Waals surface area contributed by atoms with E-state index in [-0.39, 0.29) is 12.2 Å². The Labute approximate surface area is 65.8 Å². The summed E-state index contributed by atoms with van der Waals surface area (Å²) in [6.07, 6.45) is 0.667. The lowest BCUT2D eigenvalue weighted by molar-refractivity contribution is 0.437. The predicted octanol–water partition coefficient (Wildman–Crippen LogP) is 1.52. The fourth-order valence-electron chi connectivity index (χ4n) is 1.01. The molecular formula is C6H13N5. The first-order valence-corrected chi connectivity index (χ1v) is 3.75. The highest BCUT2D eigenvalue weighted by Crippen LogP contribution is 2.13. The second kappa shape index (κ2) is 3.52. The van der Waals surface area contributed by atoms with Crippen LogP contribution in [0.1, 0.15) is 20.3 Å². The Balaban J connectivity index is 2.35. The molecule has 1 unspecified atom stereocenters. The van der Waals surface area contributed by atoms with Gasteiger partial charge in [-0.05, 0) is 22.8 Å². The van der Waals surface area contributed by atoms with E-state index in [1.165, 1.54) is 0 Å². The topological polar surface area (TPSA) is 75.5 Å². The molecule has 0 spiro atoms. The lowest BCUT2D eigenvalue weighted by atomic mass is 10.0. The van der Waals surface area contributed by atoms with E-state index in [9.17, 15) is 0 Å². The molecule has 0 amide bonds. The third kappa shape index (κ3) is 2.34. The third-order valence-electron chi connectivity index (χ3n) is 1.51. The molecule has 0 aromatic heterocycles. The van der Waals surface area contributed by atoms with Crippen LogP contribution in [0.5, 0.6) is 0 Å². The van der Waals surface area contributed by atoms with Crippen molar-refractivity contribution in [3.63, 3.8) is 0 Å². The van der Waals surface area contributed by atoms with Crippen molar-refractivity contribution in [1.82, 2.24) is 0 Å². The van der Waals surface area contributed by atoms with E-state index in [1.807, 2.05) is 0 Å². The number of rotatable bonds is 3. The molecule has 5 heteroatoms. The van der Waals surface area contributed by atoms with E-state index < -0.39 is 0 Å². The largest absolute Gasteiger partial charge is 0.324 e. The van der Waals surface area contributed by atoms with Crippen molar-refractivity contribution >= 4 is 0 Å². The van der Waals surface area contributed by atoms with Crippen LogP contribution in [0.25, 0.3) is 0 Å². The molecule has 0 bridgehead atoms. The number of hydrogen-bond donors (Lipinski definition) is 1. The maximum atomic E-state index is 5.77. The van der Waals surface area contributed by atoms with Gasteiger partial charge in [0.05, 0.1) is 6.04 Å². The Kier molecular flexibility index (Phi) is 2.64. The first-order valence-electron chi connectivity index (χ1n) is 3.75. The van der Waals surface area contributed by atoms with Gasteiger partial charge in [0.25, 0.3) is 0 Å². The van der Waals surface area contributed by atoms with Gasteiger partial charge in [0.2, 0.25) is 0 Å². The molecule has 0 aliphatic carbocycles. The Bertz CT molecular complexity index is 162. The molecule has 0 radical (unpaired) electrons. The molecule has 0 aromatic rings. The summed E-state index contributed by atoms with van der Waals surface area (Å²) in [5.74, 6) is 0.566. The van der Waals surface area contributed by atoms with Crippen molar-refractivity contribution in [2.45, 2.75) is 32.5 Å². The zero-order valence-corrected chi connectivity index (χ0v) is 6.81. The zero-order chi connectivity index (χ0) is 8.27. The van der Waals surface area contributed by atoms with E-state index in [0.29, 0.717) is 5.92 Å². The van der Waals surface area contributed by atoms with Crippen LogP contribution < -0.4 is 5.73 Å².